The largest absolute Gasteiger partial charge is 0.350 e. The predicted molar refractivity (Wildman–Crippen MR) is 112 cm³/mol. The third-order valence-corrected chi connectivity index (χ3v) is 7.66. The van der Waals surface area contributed by atoms with Gasteiger partial charge in [0.2, 0.25) is 0 Å². The highest BCUT2D eigenvalue weighted by atomic mass is 32.2. The molecule has 0 radical (unpaired) electrons. The second kappa shape index (κ2) is 9.35. The summed E-state index contributed by atoms with van der Waals surface area (Å²) in [4.78, 5) is -0.105. The van der Waals surface area contributed by atoms with Crippen LogP contribution in [0.25, 0.3) is 0 Å². The Bertz CT molecular complexity index is 1000. The van der Waals surface area contributed by atoms with Crippen LogP contribution in [0.15, 0.2) is 58.3 Å². The molecule has 1 aliphatic heterocycles. The van der Waals surface area contributed by atoms with Gasteiger partial charge in [0.1, 0.15) is 19.0 Å². The van der Waals surface area contributed by atoms with Gasteiger partial charge in [-0.1, -0.05) is 35.4 Å². The summed E-state index contributed by atoms with van der Waals surface area (Å²) in [6.45, 7) is 6.66. The Morgan fingerprint density at radius 1 is 0.677 bits per heavy atom. The van der Waals surface area contributed by atoms with Gasteiger partial charge < -0.3 is 9.47 Å². The minimum atomic E-state index is -4.22. The normalized spacial score (nSPS) is 25.2. The number of ether oxygens (including phenoxy) is 2. The van der Waals surface area contributed by atoms with E-state index in [0.717, 1.165) is 11.1 Å². The van der Waals surface area contributed by atoms with E-state index in [9.17, 15) is 16.8 Å². The van der Waals surface area contributed by atoms with Crippen LogP contribution in [0, 0.1) is 13.8 Å². The van der Waals surface area contributed by atoms with Crippen molar-refractivity contribution >= 4 is 20.2 Å². The van der Waals surface area contributed by atoms with Crippen molar-refractivity contribution in [3.05, 3.63) is 59.7 Å². The molecule has 0 N–H and O–H groups in total. The molecule has 0 spiro atoms. The van der Waals surface area contributed by atoms with Crippen LogP contribution in [-0.2, 0) is 38.1 Å². The minimum Gasteiger partial charge on any atom is -0.350 e. The number of benzene rings is 2. The molecular formula is C21H26O8S2. The zero-order valence-corrected chi connectivity index (χ0v) is 19.4. The summed E-state index contributed by atoms with van der Waals surface area (Å²) in [7, 11) is -8.44. The van der Waals surface area contributed by atoms with Crippen molar-refractivity contribution < 1.29 is 34.7 Å². The van der Waals surface area contributed by atoms with Crippen LogP contribution in [0.3, 0.4) is 0 Å². The molecule has 1 fully saturated rings. The van der Waals surface area contributed by atoms with Gasteiger partial charge in [-0.2, -0.15) is 16.8 Å². The second-order valence-electron chi connectivity index (χ2n) is 7.52. The highest BCUT2D eigenvalue weighted by Crippen LogP contribution is 2.28. The van der Waals surface area contributed by atoms with Crippen molar-refractivity contribution in [1.29, 1.82) is 0 Å². The number of aryl methyl sites for hydroxylation is 2. The minimum absolute atomic E-state index is 0.0525. The molecule has 1 heterocycles. The Kier molecular flexibility index (Phi) is 7.19. The SMILES string of the molecule is Cc1ccc(S(=O)(=O)O[C@@H]2[C@@H](OS(=O)(=O)c3ccc(C)cc3)[C@@H](C)OCO[C@@H]2C)cc1. The van der Waals surface area contributed by atoms with Crippen molar-refractivity contribution in [1.82, 2.24) is 0 Å². The summed E-state index contributed by atoms with van der Waals surface area (Å²) in [6, 6.07) is 12.3. The third-order valence-electron chi connectivity index (χ3n) is 5.01. The van der Waals surface area contributed by atoms with Gasteiger partial charge in [-0.25, -0.2) is 0 Å². The Balaban J connectivity index is 1.93. The van der Waals surface area contributed by atoms with Crippen LogP contribution < -0.4 is 0 Å². The van der Waals surface area contributed by atoms with Crippen molar-refractivity contribution in [2.75, 3.05) is 6.79 Å². The van der Waals surface area contributed by atoms with Gasteiger partial charge >= 0.3 is 0 Å². The number of hydrogen-bond acceptors (Lipinski definition) is 8. The van der Waals surface area contributed by atoms with E-state index >= 15 is 0 Å². The van der Waals surface area contributed by atoms with Crippen molar-refractivity contribution in [3.63, 3.8) is 0 Å². The first-order chi connectivity index (χ1) is 14.5. The molecule has 1 saturated heterocycles. The maximum absolute atomic E-state index is 12.9. The molecule has 31 heavy (non-hydrogen) atoms. The van der Waals surface area contributed by atoms with E-state index in [1.54, 1.807) is 38.1 Å². The number of hydrogen-bond donors (Lipinski definition) is 0. The molecule has 8 nitrogen and oxygen atoms in total. The van der Waals surface area contributed by atoms with Gasteiger partial charge in [0, 0.05) is 0 Å². The van der Waals surface area contributed by atoms with Crippen LogP contribution in [0.1, 0.15) is 25.0 Å². The standard InChI is InChI=1S/C21H26O8S2/c1-14-5-9-18(10-6-14)30(22,23)28-20-16(3)26-13-27-17(4)21(20)29-31(24,25)19-11-7-15(2)8-12-19/h5-12,16-17,20-21H,13H2,1-4H3/t16-,17-,20+,21+/m1/s1. The fourth-order valence-electron chi connectivity index (χ4n) is 3.06. The summed E-state index contributed by atoms with van der Waals surface area (Å²) < 4.78 is 73.3. The first-order valence-corrected chi connectivity index (χ1v) is 12.5. The Hall–Kier alpha value is -1.82. The van der Waals surface area contributed by atoms with Gasteiger partial charge in [0.15, 0.2) is 0 Å². The van der Waals surface area contributed by atoms with Crippen molar-refractivity contribution in [2.24, 2.45) is 0 Å². The summed E-state index contributed by atoms with van der Waals surface area (Å²) in [6.07, 6.45) is -4.15. The summed E-state index contributed by atoms with van der Waals surface area (Å²) in [5.74, 6) is 0. The van der Waals surface area contributed by atoms with E-state index < -0.39 is 44.7 Å². The summed E-state index contributed by atoms with van der Waals surface area (Å²) in [5.41, 5.74) is 1.77. The lowest BCUT2D eigenvalue weighted by molar-refractivity contribution is -0.0948. The molecule has 4 atom stereocenters. The molecule has 0 bridgehead atoms. The van der Waals surface area contributed by atoms with Gasteiger partial charge in [0.05, 0.1) is 22.0 Å². The lowest BCUT2D eigenvalue weighted by atomic mass is 10.1. The quantitative estimate of drug-likeness (QED) is 0.594. The maximum atomic E-state index is 12.9. The average Bonchev–Trinajstić information content (AvgIpc) is 2.82. The second-order valence-corrected chi connectivity index (χ2v) is 10.7. The third kappa shape index (κ3) is 5.71. The molecule has 3 rings (SSSR count). The molecule has 0 unspecified atom stereocenters. The highest BCUT2D eigenvalue weighted by molar-refractivity contribution is 7.87. The molecule has 0 amide bonds. The van der Waals surface area contributed by atoms with Gasteiger partial charge in [-0.3, -0.25) is 8.37 Å². The summed E-state index contributed by atoms with van der Waals surface area (Å²) >= 11 is 0. The lowest BCUT2D eigenvalue weighted by Crippen LogP contribution is -2.46. The van der Waals surface area contributed by atoms with Crippen molar-refractivity contribution in [3.8, 4) is 0 Å². The molecule has 170 valence electrons. The molecular weight excluding hydrogens is 444 g/mol. The fourth-order valence-corrected chi connectivity index (χ4v) is 5.34. The van der Waals surface area contributed by atoms with Crippen LogP contribution in [-0.4, -0.2) is 48.0 Å². The van der Waals surface area contributed by atoms with E-state index in [1.807, 2.05) is 13.8 Å². The number of rotatable bonds is 6. The smallest absolute Gasteiger partial charge is 0.297 e. The first-order valence-electron chi connectivity index (χ1n) is 9.73. The van der Waals surface area contributed by atoms with Gasteiger partial charge in [0.25, 0.3) is 20.2 Å². The first kappa shape index (κ1) is 23.8. The predicted octanol–water partition coefficient (Wildman–Crippen LogP) is 2.93. The van der Waals surface area contributed by atoms with E-state index in [0.29, 0.717) is 0 Å². The zero-order valence-electron chi connectivity index (χ0n) is 17.7. The maximum Gasteiger partial charge on any atom is 0.297 e. The molecule has 1 aliphatic rings. The average molecular weight is 471 g/mol. The molecule has 0 saturated carbocycles. The van der Waals surface area contributed by atoms with Crippen LogP contribution >= 0.6 is 0 Å². The highest BCUT2D eigenvalue weighted by Gasteiger charge is 2.43. The van der Waals surface area contributed by atoms with Gasteiger partial charge in [-0.15, -0.1) is 0 Å². The van der Waals surface area contributed by atoms with E-state index in [4.69, 9.17) is 17.8 Å². The Morgan fingerprint density at radius 3 is 1.32 bits per heavy atom. The van der Waals surface area contributed by atoms with E-state index in [2.05, 4.69) is 0 Å². The van der Waals surface area contributed by atoms with Crippen LogP contribution in [0.5, 0.6) is 0 Å². The summed E-state index contributed by atoms with van der Waals surface area (Å²) in [5, 5.41) is 0. The lowest BCUT2D eigenvalue weighted by Gasteiger charge is -2.29. The molecule has 10 heteroatoms. The molecule has 0 aromatic heterocycles. The topological polar surface area (TPSA) is 105 Å². The molecule has 2 aromatic rings. The Morgan fingerprint density at radius 2 is 1.00 bits per heavy atom. The van der Waals surface area contributed by atoms with Crippen LogP contribution in [0.2, 0.25) is 0 Å². The van der Waals surface area contributed by atoms with E-state index in [1.165, 1.54) is 24.3 Å². The molecule has 0 aliphatic carbocycles. The van der Waals surface area contributed by atoms with Crippen molar-refractivity contribution in [2.45, 2.75) is 61.9 Å². The van der Waals surface area contributed by atoms with Gasteiger partial charge in [-0.05, 0) is 52.0 Å². The fraction of sp³-hybridized carbons (Fsp3) is 0.429. The Labute approximate surface area is 183 Å². The zero-order chi connectivity index (χ0) is 22.8. The van der Waals surface area contributed by atoms with E-state index in [-0.39, 0.29) is 16.6 Å². The monoisotopic (exact) mass is 470 g/mol. The molecule has 2 aromatic carbocycles. The van der Waals surface area contributed by atoms with Crippen LogP contribution in [0.4, 0.5) is 0 Å².